The average molecular weight is 623 g/mol. The fourth-order valence-corrected chi connectivity index (χ4v) is 3.90. The van der Waals surface area contributed by atoms with E-state index in [0.717, 1.165) is 0 Å². The van der Waals surface area contributed by atoms with E-state index in [0.29, 0.717) is 5.92 Å². The first-order valence-electron chi connectivity index (χ1n) is 14.2. The molecule has 15 heteroatoms. The van der Waals surface area contributed by atoms with Crippen LogP contribution in [-0.4, -0.2) is 162 Å². The van der Waals surface area contributed by atoms with Crippen molar-refractivity contribution in [3.63, 3.8) is 0 Å². The molecule has 0 amide bonds. The van der Waals surface area contributed by atoms with Gasteiger partial charge in [0.1, 0.15) is 24.4 Å². The summed E-state index contributed by atoms with van der Waals surface area (Å²) in [7, 11) is 0. The van der Waals surface area contributed by atoms with E-state index < -0.39 is 74.6 Å². The summed E-state index contributed by atoms with van der Waals surface area (Å²) in [6, 6.07) is 0. The van der Waals surface area contributed by atoms with Crippen molar-refractivity contribution in [3.8, 4) is 0 Å². The third kappa shape index (κ3) is 15.4. The van der Waals surface area contributed by atoms with Crippen molar-refractivity contribution in [1.82, 2.24) is 0 Å². The van der Waals surface area contributed by atoms with Crippen LogP contribution in [0.3, 0.4) is 0 Å². The molecule has 256 valence electrons. The molecule has 0 spiro atoms. The molecule has 1 aliphatic heterocycles. The molecule has 0 aromatic carbocycles. The van der Waals surface area contributed by atoms with Crippen molar-refractivity contribution in [2.75, 3.05) is 33.0 Å². The molecule has 0 bridgehead atoms. The van der Waals surface area contributed by atoms with Crippen LogP contribution in [0.5, 0.6) is 0 Å². The zero-order chi connectivity index (χ0) is 33.3. The highest BCUT2D eigenvalue weighted by Crippen LogP contribution is 2.30. The molecule has 1 saturated heterocycles. The lowest BCUT2D eigenvalue weighted by molar-refractivity contribution is -0.279. The fraction of sp³-hybridized carbons (Fsp3) is 1.00. The van der Waals surface area contributed by atoms with Crippen LogP contribution in [-0.2, 0) is 14.2 Å². The molecule has 0 radical (unpaired) electrons. The molecule has 13 atom stereocenters. The van der Waals surface area contributed by atoms with Gasteiger partial charge in [-0.1, -0.05) is 34.6 Å². The molecule has 0 aromatic heterocycles. The Hall–Kier alpha value is -0.600. The maximum absolute atomic E-state index is 9.68. The molecular formula is C27H58O15. The summed E-state index contributed by atoms with van der Waals surface area (Å²) in [6.07, 6.45) is -11.0. The van der Waals surface area contributed by atoms with E-state index in [4.69, 9.17) is 45.2 Å². The molecule has 0 aliphatic carbocycles. The van der Waals surface area contributed by atoms with Gasteiger partial charge in [-0.05, 0) is 31.6 Å². The molecule has 1 fully saturated rings. The molecule has 15 nitrogen and oxygen atoms in total. The molecule has 1 aliphatic rings. The standard InChI is InChI=1S/C11H24O4.C9H18O5.C7H16O6/c1-7(2)8(3)11(6-13)15-9(4)10(14)5-12;1-4(2)6-5(3-10)14-9(13)8(12)7(6)11;1-4(10)6(3-9)13-7(12)5(11)2-8/h7-14H,5-6H2,1-4H3;4-13H,3H2,1-2H3;4-12H,2-3H2,1H3/t8-,9?,10+,11?;;4-,5-,6?,7?/m1.0/s1. The fourth-order valence-electron chi connectivity index (χ4n) is 3.90. The van der Waals surface area contributed by atoms with Gasteiger partial charge >= 0.3 is 0 Å². The van der Waals surface area contributed by atoms with Crippen molar-refractivity contribution in [2.24, 2.45) is 23.7 Å². The number of hydrogen-bond acceptors (Lipinski definition) is 15. The Morgan fingerprint density at radius 2 is 1.14 bits per heavy atom. The highest BCUT2D eigenvalue weighted by atomic mass is 16.6. The smallest absolute Gasteiger partial charge is 0.183 e. The first-order chi connectivity index (χ1) is 19.4. The first kappa shape index (κ1) is 43.5. The van der Waals surface area contributed by atoms with E-state index in [2.05, 4.69) is 18.6 Å². The first-order valence-corrected chi connectivity index (χ1v) is 14.2. The Labute approximate surface area is 248 Å². The maximum Gasteiger partial charge on any atom is 0.183 e. The van der Waals surface area contributed by atoms with Crippen molar-refractivity contribution >= 4 is 0 Å². The predicted octanol–water partition coefficient (Wildman–Crippen LogP) is -3.50. The van der Waals surface area contributed by atoms with Gasteiger partial charge in [-0.2, -0.15) is 0 Å². The minimum atomic E-state index is -1.61. The second-order valence-electron chi connectivity index (χ2n) is 11.2. The Kier molecular flexibility index (Phi) is 23.7. The Morgan fingerprint density at radius 3 is 1.50 bits per heavy atom. The van der Waals surface area contributed by atoms with Crippen LogP contribution in [0.4, 0.5) is 0 Å². The van der Waals surface area contributed by atoms with Crippen LogP contribution in [0.2, 0.25) is 0 Å². The Bertz CT molecular complexity index is 639. The van der Waals surface area contributed by atoms with Gasteiger partial charge < -0.3 is 75.5 Å². The SMILES string of the molecule is CC(C)C1C(CO)OC(O)C(O)C1O.CC(C)[C@@H](C)C(CO)OC(C)[C@@H](O)CO.C[C@H](O)C(CO)OC(O)[C@@H](O)CO. The molecule has 1 rings (SSSR count). The number of hydrogen-bond donors (Lipinski definition) is 12. The average Bonchev–Trinajstić information content (AvgIpc) is 2.95. The Balaban J connectivity index is 0. The summed E-state index contributed by atoms with van der Waals surface area (Å²) in [5, 5.41) is 108. The van der Waals surface area contributed by atoms with E-state index in [1.165, 1.54) is 6.92 Å². The highest BCUT2D eigenvalue weighted by molar-refractivity contribution is 4.89. The molecule has 9 unspecified atom stereocenters. The molecular weight excluding hydrogens is 564 g/mol. The monoisotopic (exact) mass is 622 g/mol. The topological polar surface area (TPSA) is 270 Å². The van der Waals surface area contributed by atoms with Gasteiger partial charge in [0.05, 0.1) is 63.6 Å². The van der Waals surface area contributed by atoms with Crippen LogP contribution in [0.15, 0.2) is 0 Å². The van der Waals surface area contributed by atoms with Gasteiger partial charge in [0, 0.05) is 5.92 Å². The van der Waals surface area contributed by atoms with Crippen LogP contribution in [0.1, 0.15) is 48.5 Å². The number of ether oxygens (including phenoxy) is 3. The van der Waals surface area contributed by atoms with Crippen LogP contribution >= 0.6 is 0 Å². The number of rotatable bonds is 15. The van der Waals surface area contributed by atoms with Crippen LogP contribution in [0, 0.1) is 23.7 Å². The molecule has 0 saturated carbocycles. The zero-order valence-electron chi connectivity index (χ0n) is 25.8. The van der Waals surface area contributed by atoms with Gasteiger partial charge in [0.2, 0.25) is 0 Å². The van der Waals surface area contributed by atoms with E-state index in [9.17, 15) is 25.5 Å². The lowest BCUT2D eigenvalue weighted by atomic mass is 9.81. The summed E-state index contributed by atoms with van der Waals surface area (Å²) in [4.78, 5) is 0. The molecule has 0 aromatic rings. The van der Waals surface area contributed by atoms with Crippen molar-refractivity contribution in [3.05, 3.63) is 0 Å². The normalized spacial score (nSPS) is 28.4. The lowest BCUT2D eigenvalue weighted by Crippen LogP contribution is -2.56. The summed E-state index contributed by atoms with van der Waals surface area (Å²) in [6.45, 7) is 11.1. The summed E-state index contributed by atoms with van der Waals surface area (Å²) >= 11 is 0. The van der Waals surface area contributed by atoms with Crippen LogP contribution in [0.25, 0.3) is 0 Å². The summed E-state index contributed by atoms with van der Waals surface area (Å²) in [5.41, 5.74) is 0. The lowest BCUT2D eigenvalue weighted by Gasteiger charge is -2.42. The van der Waals surface area contributed by atoms with E-state index in [1.807, 2.05) is 20.8 Å². The largest absolute Gasteiger partial charge is 0.394 e. The minimum absolute atomic E-state index is 0.0595. The number of aliphatic hydroxyl groups is 12. The molecule has 1 heterocycles. The maximum atomic E-state index is 9.68. The van der Waals surface area contributed by atoms with E-state index >= 15 is 0 Å². The third-order valence-electron chi connectivity index (χ3n) is 7.21. The Morgan fingerprint density at radius 1 is 0.643 bits per heavy atom. The van der Waals surface area contributed by atoms with Crippen LogP contribution < -0.4 is 0 Å². The minimum Gasteiger partial charge on any atom is -0.394 e. The molecule has 12 N–H and O–H groups in total. The van der Waals surface area contributed by atoms with Gasteiger partial charge in [-0.15, -0.1) is 0 Å². The zero-order valence-corrected chi connectivity index (χ0v) is 25.8. The summed E-state index contributed by atoms with van der Waals surface area (Å²) in [5.74, 6) is 0.312. The third-order valence-corrected chi connectivity index (χ3v) is 7.21. The quantitative estimate of drug-likeness (QED) is 0.0790. The second kappa shape index (κ2) is 22.8. The van der Waals surface area contributed by atoms with Gasteiger partial charge in [-0.3, -0.25) is 0 Å². The van der Waals surface area contributed by atoms with Gasteiger partial charge in [0.15, 0.2) is 12.6 Å². The van der Waals surface area contributed by atoms with Crippen molar-refractivity contribution in [2.45, 2.75) is 116 Å². The van der Waals surface area contributed by atoms with Crippen molar-refractivity contribution < 1.29 is 75.5 Å². The van der Waals surface area contributed by atoms with E-state index in [1.54, 1.807) is 6.92 Å². The second-order valence-corrected chi connectivity index (χ2v) is 11.2. The number of aliphatic hydroxyl groups excluding tert-OH is 12. The highest BCUT2D eigenvalue weighted by Gasteiger charge is 2.44. The van der Waals surface area contributed by atoms with Gasteiger partial charge in [0.25, 0.3) is 0 Å². The van der Waals surface area contributed by atoms with Gasteiger partial charge in [-0.25, -0.2) is 0 Å². The predicted molar refractivity (Wildman–Crippen MR) is 150 cm³/mol. The van der Waals surface area contributed by atoms with E-state index in [-0.39, 0.29) is 43.7 Å². The van der Waals surface area contributed by atoms with Crippen molar-refractivity contribution in [1.29, 1.82) is 0 Å². The molecule has 42 heavy (non-hydrogen) atoms. The summed E-state index contributed by atoms with van der Waals surface area (Å²) < 4.78 is 15.2.